The number of hydrogen-bond acceptors (Lipinski definition) is 9. The third-order valence-corrected chi connectivity index (χ3v) is 8.31. The molecule has 0 spiro atoms. The Kier molecular flexibility index (Phi) is 9.56. The van der Waals surface area contributed by atoms with Crippen LogP contribution in [0.25, 0.3) is 0 Å². The summed E-state index contributed by atoms with van der Waals surface area (Å²) < 4.78 is 20.8. The molecule has 0 bridgehead atoms. The number of aromatic nitrogens is 1. The number of methoxy groups -OCH3 is 3. The molecule has 1 aliphatic carbocycles. The van der Waals surface area contributed by atoms with Crippen LogP contribution in [-0.4, -0.2) is 49.5 Å². The van der Waals surface area contributed by atoms with Gasteiger partial charge >= 0.3 is 0 Å². The molecule has 3 amide bonds. The lowest BCUT2D eigenvalue weighted by Crippen LogP contribution is -2.47. The number of carbonyl (C=O) groups excluding carboxylic acids is 3. The second-order valence-electron chi connectivity index (χ2n) is 10.3. The average molecular weight is 596 g/mol. The number of anilines is 2. The fourth-order valence-corrected chi connectivity index (χ4v) is 6.03. The predicted molar refractivity (Wildman–Crippen MR) is 162 cm³/mol. The van der Waals surface area contributed by atoms with E-state index in [0.29, 0.717) is 28.5 Å². The van der Waals surface area contributed by atoms with Crippen LogP contribution in [0.4, 0.5) is 11.4 Å². The first kappa shape index (κ1) is 30.6. The number of amides is 3. The van der Waals surface area contributed by atoms with Gasteiger partial charge in [-0.1, -0.05) is 31.4 Å². The van der Waals surface area contributed by atoms with Crippen molar-refractivity contribution in [1.29, 1.82) is 0 Å². The predicted octanol–water partition coefficient (Wildman–Crippen LogP) is 4.30. The summed E-state index contributed by atoms with van der Waals surface area (Å²) in [6, 6.07) is 7.71. The number of nitrogens with two attached hydrogens (primary N) is 2. The van der Waals surface area contributed by atoms with Crippen molar-refractivity contribution in [1.82, 2.24) is 9.69 Å². The van der Waals surface area contributed by atoms with E-state index >= 15 is 0 Å². The SMILES string of the molecule is COc1cc(C(C(=O)NC2CCCCC2)N(C(=O)c2snc(C(N)=O)c2N)c2cc(C)ccc2C)cc(OC)c1OC. The molecule has 1 heterocycles. The monoisotopic (exact) mass is 595 g/mol. The Morgan fingerprint density at radius 2 is 1.64 bits per heavy atom. The largest absolute Gasteiger partial charge is 0.493 e. The Morgan fingerprint density at radius 1 is 1.00 bits per heavy atom. The first-order chi connectivity index (χ1) is 20.1. The standard InChI is InChI=1S/C30H37N5O6S/c1-16-11-12-17(2)20(13-16)35(30(38)27-23(31)24(28(32)36)34-42-27)25(29(37)33-19-9-7-6-8-10-19)18-14-21(39-3)26(41-5)22(15-18)40-4/h11-15,19,25H,6-10,31H2,1-5H3,(H2,32,36)(H,33,37). The molecule has 12 heteroatoms. The molecule has 11 nitrogen and oxygen atoms in total. The Balaban J connectivity index is 1.98. The van der Waals surface area contributed by atoms with E-state index in [-0.39, 0.29) is 28.2 Å². The highest BCUT2D eigenvalue weighted by Gasteiger charge is 2.38. The van der Waals surface area contributed by atoms with Gasteiger partial charge in [0.2, 0.25) is 11.7 Å². The maximum Gasteiger partial charge on any atom is 0.273 e. The van der Waals surface area contributed by atoms with Crippen molar-refractivity contribution in [3.8, 4) is 17.2 Å². The van der Waals surface area contributed by atoms with Gasteiger partial charge in [-0.25, -0.2) is 0 Å². The van der Waals surface area contributed by atoms with Gasteiger partial charge in [-0.15, -0.1) is 0 Å². The quantitative estimate of drug-likeness (QED) is 0.313. The first-order valence-electron chi connectivity index (χ1n) is 13.7. The van der Waals surface area contributed by atoms with Gasteiger partial charge in [0.05, 0.1) is 27.0 Å². The highest BCUT2D eigenvalue weighted by molar-refractivity contribution is 7.09. The van der Waals surface area contributed by atoms with Crippen molar-refractivity contribution in [3.63, 3.8) is 0 Å². The van der Waals surface area contributed by atoms with Gasteiger partial charge in [0.1, 0.15) is 10.9 Å². The van der Waals surface area contributed by atoms with Gasteiger partial charge in [-0.05, 0) is 73.1 Å². The molecule has 5 N–H and O–H groups in total. The van der Waals surface area contributed by atoms with Crippen molar-refractivity contribution in [3.05, 3.63) is 57.6 Å². The molecule has 0 radical (unpaired) electrons. The van der Waals surface area contributed by atoms with Crippen LogP contribution in [0.1, 0.15) is 75.0 Å². The molecule has 4 rings (SSSR count). The summed E-state index contributed by atoms with van der Waals surface area (Å²) in [5, 5.41) is 3.19. The number of benzene rings is 2. The number of nitrogen functional groups attached to an aromatic ring is 1. The Bertz CT molecular complexity index is 1460. The molecule has 1 fully saturated rings. The molecule has 1 atom stereocenters. The molecule has 1 saturated carbocycles. The van der Waals surface area contributed by atoms with Crippen molar-refractivity contribution in [2.75, 3.05) is 32.0 Å². The highest BCUT2D eigenvalue weighted by Crippen LogP contribution is 2.43. The number of aryl methyl sites for hydroxylation is 2. The highest BCUT2D eigenvalue weighted by atomic mass is 32.1. The number of rotatable bonds is 10. The summed E-state index contributed by atoms with van der Waals surface area (Å²) in [5.74, 6) is -0.852. The minimum absolute atomic E-state index is 0.00684. The van der Waals surface area contributed by atoms with Crippen LogP contribution >= 0.6 is 11.5 Å². The van der Waals surface area contributed by atoms with Crippen molar-refractivity contribution < 1.29 is 28.6 Å². The zero-order valence-corrected chi connectivity index (χ0v) is 25.3. The number of carbonyl (C=O) groups is 3. The summed E-state index contributed by atoms with van der Waals surface area (Å²) in [6.07, 6.45) is 4.81. The van der Waals surface area contributed by atoms with E-state index in [1.165, 1.54) is 26.2 Å². The summed E-state index contributed by atoms with van der Waals surface area (Å²) in [6.45, 7) is 3.75. The third kappa shape index (κ3) is 6.13. The maximum atomic E-state index is 14.5. The second kappa shape index (κ2) is 13.1. The lowest BCUT2D eigenvalue weighted by molar-refractivity contribution is -0.123. The molecule has 1 aliphatic rings. The normalized spacial score (nSPS) is 14.1. The van der Waals surface area contributed by atoms with E-state index in [9.17, 15) is 14.4 Å². The van der Waals surface area contributed by atoms with E-state index in [0.717, 1.165) is 54.8 Å². The number of hydrogen-bond donors (Lipinski definition) is 3. The number of primary amides is 1. The summed E-state index contributed by atoms with van der Waals surface area (Å²) in [4.78, 5) is 42.2. The topological polar surface area (TPSA) is 159 Å². The lowest BCUT2D eigenvalue weighted by atomic mass is 9.94. The molecule has 0 aliphatic heterocycles. The minimum Gasteiger partial charge on any atom is -0.493 e. The van der Waals surface area contributed by atoms with Crippen molar-refractivity contribution in [2.24, 2.45) is 5.73 Å². The molecule has 1 unspecified atom stereocenters. The van der Waals surface area contributed by atoms with Gasteiger partial charge in [0.25, 0.3) is 11.8 Å². The fraction of sp³-hybridized carbons (Fsp3) is 0.400. The van der Waals surface area contributed by atoms with E-state index < -0.39 is 17.9 Å². The van der Waals surface area contributed by atoms with Crippen LogP contribution in [-0.2, 0) is 4.79 Å². The Labute approximate surface area is 249 Å². The van der Waals surface area contributed by atoms with Crippen LogP contribution < -0.4 is 35.9 Å². The molecule has 42 heavy (non-hydrogen) atoms. The summed E-state index contributed by atoms with van der Waals surface area (Å²) in [5.41, 5.74) is 13.9. The molecular weight excluding hydrogens is 558 g/mol. The number of nitrogens with one attached hydrogen (secondary N) is 1. The lowest BCUT2D eigenvalue weighted by Gasteiger charge is -2.34. The molecule has 0 saturated heterocycles. The van der Waals surface area contributed by atoms with Crippen LogP contribution in [0.2, 0.25) is 0 Å². The molecular formula is C30H37N5O6S. The zero-order valence-electron chi connectivity index (χ0n) is 24.5. The number of nitrogens with zero attached hydrogens (tertiary/aromatic N) is 2. The second-order valence-corrected chi connectivity index (χ2v) is 11.1. The first-order valence-corrected chi connectivity index (χ1v) is 14.4. The minimum atomic E-state index is -1.19. The van der Waals surface area contributed by atoms with Crippen molar-refractivity contribution in [2.45, 2.75) is 58.0 Å². The van der Waals surface area contributed by atoms with Gasteiger partial charge in [0, 0.05) is 11.7 Å². The number of ether oxygens (including phenoxy) is 3. The van der Waals surface area contributed by atoms with E-state index in [4.69, 9.17) is 25.7 Å². The summed E-state index contributed by atoms with van der Waals surface area (Å²) in [7, 11) is 4.45. The Morgan fingerprint density at radius 3 is 2.19 bits per heavy atom. The van der Waals surface area contributed by atoms with Gasteiger partial charge in [-0.3, -0.25) is 19.3 Å². The van der Waals surface area contributed by atoms with E-state index in [1.54, 1.807) is 12.1 Å². The van der Waals surface area contributed by atoms with Gasteiger partial charge < -0.3 is 31.0 Å². The zero-order chi connectivity index (χ0) is 30.6. The molecule has 3 aromatic rings. The van der Waals surface area contributed by atoms with Gasteiger partial charge in [0.15, 0.2) is 17.2 Å². The van der Waals surface area contributed by atoms with E-state index in [2.05, 4.69) is 9.69 Å². The Hall–Kier alpha value is -4.32. The smallest absolute Gasteiger partial charge is 0.273 e. The van der Waals surface area contributed by atoms with Crippen LogP contribution in [0.3, 0.4) is 0 Å². The average Bonchev–Trinajstić information content (AvgIpc) is 3.38. The fourth-order valence-electron chi connectivity index (χ4n) is 5.29. The van der Waals surface area contributed by atoms with Crippen LogP contribution in [0.5, 0.6) is 17.2 Å². The van der Waals surface area contributed by atoms with Gasteiger partial charge in [-0.2, -0.15) is 4.37 Å². The van der Waals surface area contributed by atoms with Crippen LogP contribution in [0, 0.1) is 13.8 Å². The van der Waals surface area contributed by atoms with E-state index in [1.807, 2.05) is 32.0 Å². The third-order valence-electron chi connectivity index (χ3n) is 7.46. The van der Waals surface area contributed by atoms with Crippen LogP contribution in [0.15, 0.2) is 30.3 Å². The van der Waals surface area contributed by atoms with Crippen molar-refractivity contribution >= 4 is 40.6 Å². The molecule has 1 aromatic heterocycles. The molecule has 2 aromatic carbocycles. The maximum absolute atomic E-state index is 14.5. The summed E-state index contributed by atoms with van der Waals surface area (Å²) >= 11 is 0.759. The molecule has 224 valence electrons.